The van der Waals surface area contributed by atoms with Crippen molar-refractivity contribution in [2.24, 2.45) is 5.16 Å². The number of aromatic nitrogens is 2. The molecule has 1 aromatic carbocycles. The van der Waals surface area contributed by atoms with E-state index in [9.17, 15) is 22.4 Å². The Hall–Kier alpha value is -1.92. The lowest BCUT2D eigenvalue weighted by Crippen LogP contribution is -2.52. The van der Waals surface area contributed by atoms with Crippen molar-refractivity contribution in [3.05, 3.63) is 45.4 Å². The van der Waals surface area contributed by atoms with E-state index in [4.69, 9.17) is 4.63 Å². The topological polar surface area (TPSA) is 109 Å². The Balaban J connectivity index is 1.46. The monoisotopic (exact) mass is 520 g/mol. The van der Waals surface area contributed by atoms with E-state index >= 15 is 0 Å². The van der Waals surface area contributed by atoms with Gasteiger partial charge in [-0.2, -0.15) is 4.31 Å². The van der Waals surface area contributed by atoms with Crippen molar-refractivity contribution in [2.75, 3.05) is 18.8 Å². The Labute approximate surface area is 187 Å². The molecule has 1 aliphatic heterocycles. The third-order valence-electron chi connectivity index (χ3n) is 5.07. The molecule has 0 saturated carbocycles. The smallest absolute Gasteiger partial charge is 0.214 e. The number of benzene rings is 1. The van der Waals surface area contributed by atoms with E-state index in [0.717, 1.165) is 18.4 Å². The zero-order valence-electron chi connectivity index (χ0n) is 16.7. The molecule has 1 N–H and O–H groups in total. The number of oxime groups is 1. The molecule has 0 atom stereocenters. The average Bonchev–Trinajstić information content (AvgIpc) is 3.17. The van der Waals surface area contributed by atoms with Gasteiger partial charge in [0.1, 0.15) is 23.4 Å². The summed E-state index contributed by atoms with van der Waals surface area (Å²) in [7, 11) is -3.36. The summed E-state index contributed by atoms with van der Waals surface area (Å²) in [4.78, 5) is 0. The summed E-state index contributed by atoms with van der Waals surface area (Å²) in [5, 5.41) is 20.4. The number of nitrogens with zero attached hydrogens (tertiary/aromatic N) is 4. The zero-order chi connectivity index (χ0) is 22.4. The lowest BCUT2D eigenvalue weighted by molar-refractivity contribution is 0.141. The van der Waals surface area contributed by atoms with Gasteiger partial charge >= 0.3 is 0 Å². The van der Waals surface area contributed by atoms with Crippen molar-refractivity contribution in [3.8, 4) is 0 Å². The van der Waals surface area contributed by atoms with Gasteiger partial charge in [-0.1, -0.05) is 29.2 Å². The molecule has 0 spiro atoms. The first-order valence-electron chi connectivity index (χ1n) is 9.88. The normalized spacial score (nSPS) is 15.9. The summed E-state index contributed by atoms with van der Waals surface area (Å²) in [6, 6.07) is 4.49. The minimum Gasteiger partial charge on any atom is -0.411 e. The van der Waals surface area contributed by atoms with Crippen LogP contribution in [0.1, 0.15) is 42.6 Å². The molecule has 1 aliphatic rings. The van der Waals surface area contributed by atoms with E-state index in [0.29, 0.717) is 35.1 Å². The number of rotatable bonds is 11. The molecule has 0 bridgehead atoms. The van der Waals surface area contributed by atoms with Gasteiger partial charge in [-0.3, -0.25) is 0 Å². The average molecular weight is 521 g/mol. The first-order valence-corrected chi connectivity index (χ1v) is 12.3. The highest BCUT2D eigenvalue weighted by Gasteiger charge is 2.35. The Morgan fingerprint density at radius 3 is 2.68 bits per heavy atom. The fourth-order valence-corrected chi connectivity index (χ4v) is 5.31. The summed E-state index contributed by atoms with van der Waals surface area (Å²) >= 11 is 3.13. The van der Waals surface area contributed by atoms with Crippen LogP contribution in [-0.2, 0) is 22.9 Å². The lowest BCUT2D eigenvalue weighted by atomic mass is 10.0. The Morgan fingerprint density at radius 1 is 1.26 bits per heavy atom. The number of hydrogen-bond acceptors (Lipinski definition) is 7. The van der Waals surface area contributed by atoms with Crippen molar-refractivity contribution in [1.29, 1.82) is 0 Å². The van der Waals surface area contributed by atoms with Gasteiger partial charge in [0.15, 0.2) is 5.69 Å². The van der Waals surface area contributed by atoms with Gasteiger partial charge < -0.3 is 5.21 Å². The maximum Gasteiger partial charge on any atom is 0.214 e. The molecule has 2 heterocycles. The lowest BCUT2D eigenvalue weighted by Gasteiger charge is -2.33. The fraction of sp³-hybridized carbons (Fsp3) is 0.526. The highest BCUT2D eigenvalue weighted by Crippen LogP contribution is 2.20. The van der Waals surface area contributed by atoms with E-state index in [1.54, 1.807) is 12.1 Å². The second-order valence-corrected chi connectivity index (χ2v) is 10.4. The first-order chi connectivity index (χ1) is 14.8. The molecular formula is C19H23BrF2N4O4S. The van der Waals surface area contributed by atoms with Crippen molar-refractivity contribution < 1.29 is 27.0 Å². The van der Waals surface area contributed by atoms with E-state index in [-0.39, 0.29) is 36.8 Å². The van der Waals surface area contributed by atoms with Crippen molar-refractivity contribution >= 4 is 31.7 Å². The van der Waals surface area contributed by atoms with Crippen LogP contribution < -0.4 is 0 Å². The van der Waals surface area contributed by atoms with Crippen LogP contribution >= 0.6 is 15.9 Å². The van der Waals surface area contributed by atoms with Crippen LogP contribution in [0.3, 0.4) is 0 Å². The Morgan fingerprint density at radius 2 is 2.00 bits per heavy atom. The molecule has 1 fully saturated rings. The van der Waals surface area contributed by atoms with Gasteiger partial charge in [0.25, 0.3) is 0 Å². The van der Waals surface area contributed by atoms with Gasteiger partial charge in [0.05, 0.1) is 10.2 Å². The molecule has 8 nitrogen and oxygen atoms in total. The van der Waals surface area contributed by atoms with Crippen LogP contribution in [-0.4, -0.2) is 59.0 Å². The van der Waals surface area contributed by atoms with Crippen molar-refractivity contribution in [3.63, 3.8) is 0 Å². The third-order valence-corrected chi connectivity index (χ3v) is 7.57. The SMILES string of the molecule is O=S(=O)(CCCCCCc1nonc1/C(Cc1ccc(F)c(Br)c1)=N/O)N1CC(F)C1. The van der Waals surface area contributed by atoms with E-state index < -0.39 is 16.2 Å². The number of hydrogen-bond donors (Lipinski definition) is 1. The molecule has 1 aromatic heterocycles. The third kappa shape index (κ3) is 6.30. The summed E-state index contributed by atoms with van der Waals surface area (Å²) in [5.41, 5.74) is 1.85. The number of unbranched alkanes of at least 4 members (excludes halogenated alkanes) is 3. The summed E-state index contributed by atoms with van der Waals surface area (Å²) in [6.45, 7) is -0.0677. The molecule has 2 aromatic rings. The highest BCUT2D eigenvalue weighted by atomic mass is 79.9. The summed E-state index contributed by atoms with van der Waals surface area (Å²) in [5.74, 6) is -0.371. The maximum atomic E-state index is 13.4. The van der Waals surface area contributed by atoms with E-state index in [1.165, 1.54) is 10.4 Å². The first kappa shape index (κ1) is 23.7. The second-order valence-electron chi connectivity index (χ2n) is 7.43. The molecule has 1 saturated heterocycles. The molecule has 170 valence electrons. The van der Waals surface area contributed by atoms with E-state index in [2.05, 4.69) is 31.4 Å². The Kier molecular flexibility index (Phi) is 8.11. The molecule has 0 aliphatic carbocycles. The van der Waals surface area contributed by atoms with Gasteiger partial charge in [-0.15, -0.1) is 0 Å². The van der Waals surface area contributed by atoms with Gasteiger partial charge in [0, 0.05) is 19.5 Å². The molecule has 31 heavy (non-hydrogen) atoms. The molecule has 0 unspecified atom stereocenters. The van der Waals surface area contributed by atoms with Gasteiger partial charge in [0.2, 0.25) is 10.0 Å². The van der Waals surface area contributed by atoms with Crippen molar-refractivity contribution in [2.45, 2.75) is 44.7 Å². The molecule has 0 radical (unpaired) electrons. The van der Waals surface area contributed by atoms with Crippen LogP contribution in [0.2, 0.25) is 0 Å². The van der Waals surface area contributed by atoms with Crippen LogP contribution in [0.4, 0.5) is 8.78 Å². The van der Waals surface area contributed by atoms with Gasteiger partial charge in [-0.05, 0) is 58.0 Å². The molecule has 12 heteroatoms. The van der Waals surface area contributed by atoms with Crippen LogP contribution in [0, 0.1) is 5.82 Å². The van der Waals surface area contributed by atoms with Gasteiger partial charge in [-0.25, -0.2) is 21.8 Å². The number of aryl methyl sites for hydroxylation is 1. The molecule has 0 amide bonds. The predicted molar refractivity (Wildman–Crippen MR) is 113 cm³/mol. The summed E-state index contributed by atoms with van der Waals surface area (Å²) in [6.07, 6.45) is 2.39. The summed E-state index contributed by atoms with van der Waals surface area (Å²) < 4.78 is 56.5. The quantitative estimate of drug-likeness (QED) is 0.210. The van der Waals surface area contributed by atoms with E-state index in [1.807, 2.05) is 0 Å². The predicted octanol–water partition coefficient (Wildman–Crippen LogP) is 3.48. The maximum absolute atomic E-state index is 13.4. The number of halogens is 3. The second kappa shape index (κ2) is 10.6. The Bertz CT molecular complexity index is 1030. The minimum atomic E-state index is -3.36. The van der Waals surface area contributed by atoms with Crippen LogP contribution in [0.5, 0.6) is 0 Å². The number of sulfonamides is 1. The fourth-order valence-electron chi connectivity index (χ4n) is 3.27. The van der Waals surface area contributed by atoms with Crippen molar-refractivity contribution in [1.82, 2.24) is 14.6 Å². The molecule has 3 rings (SSSR count). The standard InChI is InChI=1S/C19H23BrF2N4O4S/c20-15-9-13(6-7-16(15)22)10-18(23-27)19-17(24-30-25-19)5-3-1-2-4-8-31(28,29)26-11-14(21)12-26/h6-7,9,14,27H,1-5,8,10-12H2/b23-18+. The number of alkyl halides is 1. The van der Waals surface area contributed by atoms with Crippen LogP contribution in [0.25, 0.3) is 0 Å². The zero-order valence-corrected chi connectivity index (χ0v) is 19.1. The van der Waals surface area contributed by atoms with Crippen LogP contribution in [0.15, 0.2) is 32.5 Å². The largest absolute Gasteiger partial charge is 0.411 e. The minimum absolute atomic E-state index is 0.0189. The highest BCUT2D eigenvalue weighted by molar-refractivity contribution is 9.10. The molecular weight excluding hydrogens is 498 g/mol.